The summed E-state index contributed by atoms with van der Waals surface area (Å²) in [4.78, 5) is 21.4. The van der Waals surface area contributed by atoms with E-state index in [-0.39, 0.29) is 5.92 Å². The zero-order valence-corrected chi connectivity index (χ0v) is 12.0. The molecule has 1 aromatic heterocycles. The second-order valence-electron chi connectivity index (χ2n) is 5.57. The average Bonchev–Trinajstić information content (AvgIpc) is 2.46. The average molecular weight is 278 g/mol. The Balaban J connectivity index is 1.81. The van der Waals surface area contributed by atoms with Crippen LogP contribution in [0.25, 0.3) is 0 Å². The van der Waals surface area contributed by atoms with Crippen molar-refractivity contribution in [1.82, 2.24) is 9.97 Å². The fourth-order valence-corrected chi connectivity index (χ4v) is 2.52. The maximum Gasteiger partial charge on any atom is 0.306 e. The monoisotopic (exact) mass is 278 g/mol. The van der Waals surface area contributed by atoms with Gasteiger partial charge in [0.15, 0.2) is 0 Å². The van der Waals surface area contributed by atoms with Gasteiger partial charge in [0.2, 0.25) is 5.95 Å². The lowest BCUT2D eigenvalue weighted by Crippen LogP contribution is -2.25. The first-order valence-electron chi connectivity index (χ1n) is 7.03. The normalized spacial score (nSPS) is 22.3. The van der Waals surface area contributed by atoms with Crippen LogP contribution in [0.2, 0.25) is 0 Å². The predicted molar refractivity (Wildman–Crippen MR) is 77.9 cm³/mol. The lowest BCUT2D eigenvalue weighted by atomic mass is 9.82. The van der Waals surface area contributed by atoms with Gasteiger partial charge in [-0.25, -0.2) is 4.98 Å². The van der Waals surface area contributed by atoms with Crippen molar-refractivity contribution >= 4 is 17.7 Å². The largest absolute Gasteiger partial charge is 0.481 e. The molecule has 0 bridgehead atoms. The van der Waals surface area contributed by atoms with E-state index in [1.165, 1.54) is 0 Å². The number of carboxylic acids is 1. The first kappa shape index (κ1) is 14.6. The molecule has 0 atom stereocenters. The summed E-state index contributed by atoms with van der Waals surface area (Å²) in [6.45, 7) is 0.843. The van der Waals surface area contributed by atoms with Gasteiger partial charge in [0.25, 0.3) is 0 Å². The molecule has 1 fully saturated rings. The highest BCUT2D eigenvalue weighted by Crippen LogP contribution is 2.29. The number of aromatic nitrogens is 2. The Morgan fingerprint density at radius 3 is 2.70 bits per heavy atom. The van der Waals surface area contributed by atoms with Crippen LogP contribution in [0.5, 0.6) is 0 Å². The van der Waals surface area contributed by atoms with E-state index in [9.17, 15) is 4.79 Å². The topological polar surface area (TPSA) is 78.4 Å². The number of anilines is 2. The summed E-state index contributed by atoms with van der Waals surface area (Å²) in [6, 6.07) is 1.86. The van der Waals surface area contributed by atoms with E-state index in [4.69, 9.17) is 5.11 Å². The van der Waals surface area contributed by atoms with Gasteiger partial charge in [-0.2, -0.15) is 4.98 Å². The number of hydrogen-bond donors (Lipinski definition) is 2. The molecule has 0 spiro atoms. The number of rotatable bonds is 5. The highest BCUT2D eigenvalue weighted by Gasteiger charge is 2.25. The van der Waals surface area contributed by atoms with E-state index >= 15 is 0 Å². The van der Waals surface area contributed by atoms with Crippen LogP contribution in [0, 0.1) is 11.8 Å². The highest BCUT2D eigenvalue weighted by molar-refractivity contribution is 5.70. The smallest absolute Gasteiger partial charge is 0.306 e. The number of hydrogen-bond acceptors (Lipinski definition) is 5. The van der Waals surface area contributed by atoms with Crippen molar-refractivity contribution in [2.75, 3.05) is 30.9 Å². The molecule has 6 nitrogen and oxygen atoms in total. The Kier molecular flexibility index (Phi) is 4.76. The standard InChI is InChI=1S/C14H22N4O2/c1-18(2)14-15-8-7-12(17-14)16-9-10-3-5-11(6-4-10)13(19)20/h7-8,10-11H,3-6,9H2,1-2H3,(H,19,20)(H,15,16,17). The molecule has 6 heteroatoms. The van der Waals surface area contributed by atoms with Crippen molar-refractivity contribution in [3.05, 3.63) is 12.3 Å². The summed E-state index contributed by atoms with van der Waals surface area (Å²) in [5, 5.41) is 12.3. The van der Waals surface area contributed by atoms with Gasteiger partial charge in [-0.15, -0.1) is 0 Å². The number of carbonyl (C=O) groups is 1. The zero-order chi connectivity index (χ0) is 14.5. The molecule has 1 aliphatic rings. The molecule has 1 heterocycles. The Hall–Kier alpha value is -1.85. The molecule has 0 aromatic carbocycles. The molecule has 0 unspecified atom stereocenters. The minimum Gasteiger partial charge on any atom is -0.481 e. The van der Waals surface area contributed by atoms with Crippen LogP contribution in [0.15, 0.2) is 12.3 Å². The molecular weight excluding hydrogens is 256 g/mol. The van der Waals surface area contributed by atoms with Gasteiger partial charge in [0.05, 0.1) is 5.92 Å². The van der Waals surface area contributed by atoms with E-state index in [0.29, 0.717) is 11.9 Å². The third-order valence-electron chi connectivity index (χ3n) is 3.81. The van der Waals surface area contributed by atoms with Crippen LogP contribution in [-0.4, -0.2) is 41.7 Å². The Morgan fingerprint density at radius 2 is 2.10 bits per heavy atom. The summed E-state index contributed by atoms with van der Waals surface area (Å²) in [5.41, 5.74) is 0. The van der Waals surface area contributed by atoms with Gasteiger partial charge in [-0.3, -0.25) is 4.79 Å². The molecular formula is C14H22N4O2. The summed E-state index contributed by atoms with van der Waals surface area (Å²) in [6.07, 6.45) is 5.25. The SMILES string of the molecule is CN(C)c1nccc(NCC2CCC(C(=O)O)CC2)n1. The van der Waals surface area contributed by atoms with Crippen molar-refractivity contribution in [3.63, 3.8) is 0 Å². The molecule has 2 rings (SSSR count). The summed E-state index contributed by atoms with van der Waals surface area (Å²) < 4.78 is 0. The molecule has 110 valence electrons. The van der Waals surface area contributed by atoms with Crippen molar-refractivity contribution in [3.8, 4) is 0 Å². The molecule has 0 aliphatic heterocycles. The highest BCUT2D eigenvalue weighted by atomic mass is 16.4. The molecule has 0 radical (unpaired) electrons. The number of nitrogens with one attached hydrogen (secondary N) is 1. The quantitative estimate of drug-likeness (QED) is 0.855. The van der Waals surface area contributed by atoms with Gasteiger partial charge in [0.1, 0.15) is 5.82 Å². The van der Waals surface area contributed by atoms with Gasteiger partial charge in [-0.05, 0) is 37.7 Å². The van der Waals surface area contributed by atoms with Crippen LogP contribution in [0.4, 0.5) is 11.8 Å². The van der Waals surface area contributed by atoms with Crippen molar-refractivity contribution in [2.45, 2.75) is 25.7 Å². The molecule has 1 saturated carbocycles. The Labute approximate surface area is 119 Å². The number of carboxylic acid groups (broad SMARTS) is 1. The molecule has 1 aliphatic carbocycles. The maximum atomic E-state index is 10.9. The summed E-state index contributed by atoms with van der Waals surface area (Å²) in [7, 11) is 3.82. The molecule has 1 aromatic rings. The molecule has 20 heavy (non-hydrogen) atoms. The first-order valence-corrected chi connectivity index (χ1v) is 7.03. The van der Waals surface area contributed by atoms with Crippen LogP contribution < -0.4 is 10.2 Å². The second-order valence-corrected chi connectivity index (χ2v) is 5.57. The lowest BCUT2D eigenvalue weighted by Gasteiger charge is -2.26. The second kappa shape index (κ2) is 6.54. The van der Waals surface area contributed by atoms with Crippen LogP contribution in [-0.2, 0) is 4.79 Å². The van der Waals surface area contributed by atoms with Crippen molar-refractivity contribution < 1.29 is 9.90 Å². The van der Waals surface area contributed by atoms with E-state index < -0.39 is 5.97 Å². The van der Waals surface area contributed by atoms with E-state index in [1.54, 1.807) is 6.20 Å². The van der Waals surface area contributed by atoms with Crippen LogP contribution in [0.1, 0.15) is 25.7 Å². The zero-order valence-electron chi connectivity index (χ0n) is 12.0. The Bertz CT molecular complexity index is 456. The van der Waals surface area contributed by atoms with E-state index in [0.717, 1.165) is 38.0 Å². The van der Waals surface area contributed by atoms with Gasteiger partial charge >= 0.3 is 5.97 Å². The molecule has 2 N–H and O–H groups in total. The van der Waals surface area contributed by atoms with E-state index in [1.807, 2.05) is 25.1 Å². The fraction of sp³-hybridized carbons (Fsp3) is 0.643. The molecule has 0 saturated heterocycles. The lowest BCUT2D eigenvalue weighted by molar-refractivity contribution is -0.143. The molecule has 0 amide bonds. The predicted octanol–water partition coefficient (Wildman–Crippen LogP) is 1.85. The summed E-state index contributed by atoms with van der Waals surface area (Å²) >= 11 is 0. The van der Waals surface area contributed by atoms with Crippen LogP contribution >= 0.6 is 0 Å². The van der Waals surface area contributed by atoms with Crippen molar-refractivity contribution in [2.24, 2.45) is 11.8 Å². The first-order chi connectivity index (χ1) is 9.56. The third-order valence-corrected chi connectivity index (χ3v) is 3.81. The minimum atomic E-state index is -0.650. The van der Waals surface area contributed by atoms with Gasteiger partial charge < -0.3 is 15.3 Å². The van der Waals surface area contributed by atoms with Crippen molar-refractivity contribution in [1.29, 1.82) is 0 Å². The van der Waals surface area contributed by atoms with Gasteiger partial charge in [-0.1, -0.05) is 0 Å². The maximum absolute atomic E-state index is 10.9. The summed E-state index contributed by atoms with van der Waals surface area (Å²) in [5.74, 6) is 1.24. The fourth-order valence-electron chi connectivity index (χ4n) is 2.52. The minimum absolute atomic E-state index is 0.148. The third kappa shape index (κ3) is 3.82. The van der Waals surface area contributed by atoms with Crippen LogP contribution in [0.3, 0.4) is 0 Å². The number of nitrogens with zero attached hydrogens (tertiary/aromatic N) is 3. The number of aliphatic carboxylic acids is 1. The Morgan fingerprint density at radius 1 is 1.40 bits per heavy atom. The van der Waals surface area contributed by atoms with Gasteiger partial charge in [0, 0.05) is 26.8 Å². The van der Waals surface area contributed by atoms with E-state index in [2.05, 4.69) is 15.3 Å².